The molecule has 1 heterocycles. The quantitative estimate of drug-likeness (QED) is 0.858. The van der Waals surface area contributed by atoms with Crippen molar-refractivity contribution in [3.63, 3.8) is 0 Å². The number of amides is 2. The summed E-state index contributed by atoms with van der Waals surface area (Å²) in [5, 5.41) is 3.17. The molecule has 136 valence electrons. The van der Waals surface area contributed by atoms with Crippen LogP contribution in [0.25, 0.3) is 0 Å². The summed E-state index contributed by atoms with van der Waals surface area (Å²) in [6.45, 7) is 5.30. The second-order valence-electron chi connectivity index (χ2n) is 7.76. The van der Waals surface area contributed by atoms with Gasteiger partial charge < -0.3 is 10.2 Å². The number of nitrogens with zero attached hydrogens (tertiary/aromatic N) is 1. The van der Waals surface area contributed by atoms with Crippen LogP contribution < -0.4 is 5.32 Å². The van der Waals surface area contributed by atoms with E-state index in [1.165, 1.54) is 37.7 Å². The Kier molecular flexibility index (Phi) is 5.45. The van der Waals surface area contributed by atoms with Gasteiger partial charge in [-0.05, 0) is 42.2 Å². The number of benzene rings is 1. The number of rotatable bonds is 6. The summed E-state index contributed by atoms with van der Waals surface area (Å²) in [6, 6.07) is 8.07. The summed E-state index contributed by atoms with van der Waals surface area (Å²) >= 11 is 0. The third kappa shape index (κ3) is 3.88. The van der Waals surface area contributed by atoms with E-state index in [-0.39, 0.29) is 17.9 Å². The minimum atomic E-state index is -0.133. The minimum absolute atomic E-state index is 0.0498. The van der Waals surface area contributed by atoms with E-state index in [1.54, 1.807) is 6.92 Å². The lowest BCUT2D eigenvalue weighted by molar-refractivity contribution is -0.133. The van der Waals surface area contributed by atoms with Gasteiger partial charge in [-0.2, -0.15) is 0 Å². The molecule has 1 aromatic rings. The average molecular weight is 342 g/mol. The third-order valence-electron chi connectivity index (χ3n) is 6.05. The van der Waals surface area contributed by atoms with Gasteiger partial charge in [0.15, 0.2) is 0 Å². The Morgan fingerprint density at radius 2 is 2.04 bits per heavy atom. The monoisotopic (exact) mass is 342 g/mol. The molecule has 1 aliphatic heterocycles. The number of carbonyl (C=O) groups is 2. The van der Waals surface area contributed by atoms with Crippen LogP contribution in [0.4, 0.5) is 0 Å². The van der Waals surface area contributed by atoms with Crippen molar-refractivity contribution in [3.05, 3.63) is 35.4 Å². The van der Waals surface area contributed by atoms with Gasteiger partial charge in [0.1, 0.15) is 0 Å². The fourth-order valence-corrected chi connectivity index (χ4v) is 4.50. The standard InChI is InChI=1S/C21H30N2O2/c1-3-10-21(11-6-12-21)15-22-20(25)14-19-18-8-5-4-7-17(18)9-13-23(19)16(2)24/h4-5,7-8,19H,3,6,9-15H2,1-2H3,(H,22,25). The highest BCUT2D eigenvalue weighted by molar-refractivity contribution is 5.79. The molecule has 0 aromatic heterocycles. The largest absolute Gasteiger partial charge is 0.355 e. The second-order valence-corrected chi connectivity index (χ2v) is 7.76. The fourth-order valence-electron chi connectivity index (χ4n) is 4.50. The lowest BCUT2D eigenvalue weighted by atomic mass is 9.66. The van der Waals surface area contributed by atoms with Gasteiger partial charge in [-0.3, -0.25) is 9.59 Å². The number of hydrogen-bond acceptors (Lipinski definition) is 2. The highest BCUT2D eigenvalue weighted by atomic mass is 16.2. The predicted octanol–water partition coefficient (Wildman–Crippen LogP) is 3.61. The molecular weight excluding hydrogens is 312 g/mol. The fraction of sp³-hybridized carbons (Fsp3) is 0.619. The number of fused-ring (bicyclic) bond motifs is 1. The Labute approximate surface area is 151 Å². The molecule has 1 fully saturated rings. The first-order valence-electron chi connectivity index (χ1n) is 9.66. The summed E-state index contributed by atoms with van der Waals surface area (Å²) in [4.78, 5) is 26.5. The topological polar surface area (TPSA) is 49.4 Å². The van der Waals surface area contributed by atoms with E-state index >= 15 is 0 Å². The lowest BCUT2D eigenvalue weighted by Crippen LogP contribution is -2.44. The first kappa shape index (κ1) is 18.0. The summed E-state index contributed by atoms with van der Waals surface area (Å²) in [6.07, 6.45) is 7.33. The molecule has 1 atom stereocenters. The maximum atomic E-state index is 12.6. The van der Waals surface area contributed by atoms with Crippen molar-refractivity contribution in [2.24, 2.45) is 5.41 Å². The molecule has 25 heavy (non-hydrogen) atoms. The van der Waals surface area contributed by atoms with E-state index in [4.69, 9.17) is 0 Å². The molecule has 2 amide bonds. The number of hydrogen-bond donors (Lipinski definition) is 1. The van der Waals surface area contributed by atoms with Crippen LogP contribution >= 0.6 is 0 Å². The molecule has 3 rings (SSSR count). The maximum absolute atomic E-state index is 12.6. The van der Waals surface area contributed by atoms with Gasteiger partial charge in [0, 0.05) is 20.0 Å². The summed E-state index contributed by atoms with van der Waals surface area (Å²) in [5.41, 5.74) is 2.72. The number of carbonyl (C=O) groups excluding carboxylic acids is 2. The van der Waals surface area contributed by atoms with Crippen LogP contribution in [0.2, 0.25) is 0 Å². The second kappa shape index (κ2) is 7.59. The van der Waals surface area contributed by atoms with Crippen molar-refractivity contribution < 1.29 is 9.59 Å². The van der Waals surface area contributed by atoms with Gasteiger partial charge in [-0.1, -0.05) is 44.0 Å². The highest BCUT2D eigenvalue weighted by Crippen LogP contribution is 2.44. The zero-order valence-corrected chi connectivity index (χ0v) is 15.5. The zero-order chi connectivity index (χ0) is 17.9. The predicted molar refractivity (Wildman–Crippen MR) is 99.1 cm³/mol. The smallest absolute Gasteiger partial charge is 0.222 e. The molecule has 1 N–H and O–H groups in total. The van der Waals surface area contributed by atoms with Crippen molar-refractivity contribution in [1.29, 1.82) is 0 Å². The van der Waals surface area contributed by atoms with Crippen LogP contribution in [0.1, 0.15) is 69.5 Å². The lowest BCUT2D eigenvalue weighted by Gasteiger charge is -2.42. The van der Waals surface area contributed by atoms with E-state index in [0.29, 0.717) is 18.4 Å². The molecule has 2 aliphatic rings. The SMILES string of the molecule is CCCC1(CNC(=O)CC2c3ccccc3CCN2C(C)=O)CCC1. The molecule has 1 saturated carbocycles. The van der Waals surface area contributed by atoms with E-state index in [2.05, 4.69) is 24.4 Å². The van der Waals surface area contributed by atoms with Crippen LogP contribution in [0.15, 0.2) is 24.3 Å². The molecular formula is C21H30N2O2. The van der Waals surface area contributed by atoms with Gasteiger partial charge in [-0.15, -0.1) is 0 Å². The van der Waals surface area contributed by atoms with Crippen molar-refractivity contribution in [1.82, 2.24) is 10.2 Å². The van der Waals surface area contributed by atoms with Gasteiger partial charge in [0.2, 0.25) is 11.8 Å². The van der Waals surface area contributed by atoms with Crippen molar-refractivity contribution in [2.75, 3.05) is 13.1 Å². The van der Waals surface area contributed by atoms with Gasteiger partial charge in [0.25, 0.3) is 0 Å². The Morgan fingerprint density at radius 1 is 1.28 bits per heavy atom. The highest BCUT2D eigenvalue weighted by Gasteiger charge is 2.37. The Balaban J connectivity index is 1.67. The van der Waals surface area contributed by atoms with Crippen molar-refractivity contribution in [2.45, 2.75) is 64.8 Å². The molecule has 1 aromatic carbocycles. The molecule has 1 aliphatic carbocycles. The molecule has 0 radical (unpaired) electrons. The molecule has 1 unspecified atom stereocenters. The zero-order valence-electron chi connectivity index (χ0n) is 15.5. The van der Waals surface area contributed by atoms with E-state index in [0.717, 1.165) is 18.5 Å². The Hall–Kier alpha value is -1.84. The summed E-state index contributed by atoms with van der Waals surface area (Å²) < 4.78 is 0. The number of nitrogens with one attached hydrogen (secondary N) is 1. The Bertz CT molecular complexity index is 637. The minimum Gasteiger partial charge on any atom is -0.355 e. The molecule has 0 spiro atoms. The first-order valence-corrected chi connectivity index (χ1v) is 9.66. The molecule has 4 heteroatoms. The van der Waals surface area contributed by atoms with E-state index < -0.39 is 0 Å². The van der Waals surface area contributed by atoms with Gasteiger partial charge in [-0.25, -0.2) is 0 Å². The molecule has 4 nitrogen and oxygen atoms in total. The van der Waals surface area contributed by atoms with Crippen LogP contribution in [-0.2, 0) is 16.0 Å². The summed E-state index contributed by atoms with van der Waals surface area (Å²) in [7, 11) is 0. The van der Waals surface area contributed by atoms with Crippen LogP contribution in [0.3, 0.4) is 0 Å². The van der Waals surface area contributed by atoms with E-state index in [1.807, 2.05) is 17.0 Å². The van der Waals surface area contributed by atoms with Crippen LogP contribution in [-0.4, -0.2) is 29.8 Å². The maximum Gasteiger partial charge on any atom is 0.222 e. The Morgan fingerprint density at radius 3 is 2.68 bits per heavy atom. The average Bonchev–Trinajstić information content (AvgIpc) is 2.57. The molecule has 0 bridgehead atoms. The third-order valence-corrected chi connectivity index (χ3v) is 6.05. The summed E-state index contributed by atoms with van der Waals surface area (Å²) in [5.74, 6) is 0.115. The van der Waals surface area contributed by atoms with Crippen LogP contribution in [0.5, 0.6) is 0 Å². The van der Waals surface area contributed by atoms with Gasteiger partial charge >= 0.3 is 0 Å². The van der Waals surface area contributed by atoms with Crippen LogP contribution in [0, 0.1) is 5.41 Å². The molecule has 0 saturated heterocycles. The first-order chi connectivity index (χ1) is 12.0. The van der Waals surface area contributed by atoms with Crippen molar-refractivity contribution >= 4 is 11.8 Å². The van der Waals surface area contributed by atoms with Gasteiger partial charge in [0.05, 0.1) is 12.5 Å². The van der Waals surface area contributed by atoms with E-state index in [9.17, 15) is 9.59 Å². The normalized spacial score (nSPS) is 21.2. The van der Waals surface area contributed by atoms with Crippen molar-refractivity contribution in [3.8, 4) is 0 Å².